The molecule has 0 unspecified atom stereocenters. The van der Waals surface area contributed by atoms with E-state index >= 15 is 0 Å². The zero-order valence-electron chi connectivity index (χ0n) is 14.6. The van der Waals surface area contributed by atoms with E-state index in [9.17, 15) is 22.0 Å². The maximum atomic E-state index is 13.6. The molecule has 0 aliphatic carbocycles. The third-order valence-electron chi connectivity index (χ3n) is 4.30. The third kappa shape index (κ3) is 3.32. The van der Waals surface area contributed by atoms with Gasteiger partial charge in [-0.25, -0.2) is 27.0 Å². The molecule has 0 bridgehead atoms. The molecule has 0 saturated carbocycles. The van der Waals surface area contributed by atoms with Crippen molar-refractivity contribution in [1.29, 1.82) is 0 Å². The topological polar surface area (TPSA) is 70.6 Å². The van der Waals surface area contributed by atoms with Crippen LogP contribution in [0.3, 0.4) is 0 Å². The van der Waals surface area contributed by atoms with Crippen LogP contribution in [0.1, 0.15) is 5.56 Å². The van der Waals surface area contributed by atoms with Gasteiger partial charge in [-0.3, -0.25) is 4.90 Å². The highest BCUT2D eigenvalue weighted by Gasteiger charge is 2.43. The summed E-state index contributed by atoms with van der Waals surface area (Å²) in [7, 11) is -4.28. The minimum atomic E-state index is -4.28. The number of fused-ring (bicyclic) bond motifs is 1. The average Bonchev–Trinajstić information content (AvgIpc) is 2.66. The van der Waals surface area contributed by atoms with Crippen LogP contribution in [-0.4, -0.2) is 19.4 Å². The van der Waals surface area contributed by atoms with Gasteiger partial charge in [0, 0.05) is 12.3 Å². The lowest BCUT2D eigenvalue weighted by Gasteiger charge is -2.36. The Hall–Kier alpha value is -3.04. The molecule has 3 aromatic rings. The van der Waals surface area contributed by atoms with Crippen LogP contribution in [-0.2, 0) is 16.6 Å². The van der Waals surface area contributed by atoms with Gasteiger partial charge in [0.1, 0.15) is 16.5 Å². The first kappa shape index (κ1) is 19.3. The van der Waals surface area contributed by atoms with Gasteiger partial charge in [-0.05, 0) is 42.0 Å². The molecule has 2 aromatic carbocycles. The van der Waals surface area contributed by atoms with Crippen LogP contribution in [0, 0.1) is 11.6 Å². The number of benzene rings is 2. The first-order valence-corrected chi connectivity index (χ1v) is 10.1. The molecular weight excluding hydrogens is 424 g/mol. The van der Waals surface area contributed by atoms with Gasteiger partial charge in [-0.1, -0.05) is 23.7 Å². The fraction of sp³-hybridized carbons (Fsp3) is 0.0526. The molecule has 6 nitrogen and oxygen atoms in total. The Balaban J connectivity index is 1.89. The Kier molecular flexibility index (Phi) is 4.71. The molecular formula is C19H12ClF2N3O3S. The Morgan fingerprint density at radius 2 is 1.62 bits per heavy atom. The third-order valence-corrected chi connectivity index (χ3v) is 6.33. The minimum absolute atomic E-state index is 0.0958. The maximum Gasteiger partial charge on any atom is 0.343 e. The zero-order chi connectivity index (χ0) is 20.8. The van der Waals surface area contributed by atoms with Gasteiger partial charge in [0.05, 0.1) is 17.9 Å². The lowest BCUT2D eigenvalue weighted by atomic mass is 10.2. The minimum Gasteiger partial charge on any atom is -0.287 e. The van der Waals surface area contributed by atoms with Gasteiger partial charge in [0.25, 0.3) is 10.0 Å². The molecule has 4 rings (SSSR count). The van der Waals surface area contributed by atoms with Crippen LogP contribution in [0.2, 0.25) is 5.15 Å². The van der Waals surface area contributed by atoms with Crippen molar-refractivity contribution in [2.24, 2.45) is 0 Å². The highest BCUT2D eigenvalue weighted by atomic mass is 35.5. The van der Waals surface area contributed by atoms with Crippen molar-refractivity contribution in [3.63, 3.8) is 0 Å². The molecule has 0 N–H and O–H groups in total. The number of anilines is 2. The Morgan fingerprint density at radius 1 is 0.966 bits per heavy atom. The van der Waals surface area contributed by atoms with Gasteiger partial charge in [0.2, 0.25) is 0 Å². The summed E-state index contributed by atoms with van der Waals surface area (Å²) >= 11 is 6.04. The summed E-state index contributed by atoms with van der Waals surface area (Å²) < 4.78 is 54.1. The number of aromatic nitrogens is 1. The van der Waals surface area contributed by atoms with E-state index in [0.717, 1.165) is 17.0 Å². The second-order valence-electron chi connectivity index (χ2n) is 6.20. The van der Waals surface area contributed by atoms with Gasteiger partial charge in [-0.2, -0.15) is 4.31 Å². The number of hydrogen-bond donors (Lipinski definition) is 0. The molecule has 2 heterocycles. The molecule has 1 aliphatic heterocycles. The molecule has 1 aliphatic rings. The Morgan fingerprint density at radius 3 is 2.31 bits per heavy atom. The summed E-state index contributed by atoms with van der Waals surface area (Å²) in [6, 6.07) is 10.6. The average molecular weight is 436 g/mol. The van der Waals surface area contributed by atoms with Crippen molar-refractivity contribution in [3.05, 3.63) is 83.1 Å². The predicted octanol–water partition coefficient (Wildman–Crippen LogP) is 4.35. The van der Waals surface area contributed by atoms with Crippen molar-refractivity contribution in [3.8, 4) is 0 Å². The van der Waals surface area contributed by atoms with E-state index in [-0.39, 0.29) is 33.5 Å². The van der Waals surface area contributed by atoms with Gasteiger partial charge >= 0.3 is 6.03 Å². The van der Waals surface area contributed by atoms with Crippen LogP contribution >= 0.6 is 11.6 Å². The van der Waals surface area contributed by atoms with E-state index < -0.39 is 27.7 Å². The predicted molar refractivity (Wildman–Crippen MR) is 103 cm³/mol. The summed E-state index contributed by atoms with van der Waals surface area (Å²) in [6.45, 7) is -0.256. The summed E-state index contributed by atoms with van der Waals surface area (Å²) in [5, 5.41) is -0.180. The van der Waals surface area contributed by atoms with E-state index in [0.29, 0.717) is 10.4 Å². The fourth-order valence-corrected chi connectivity index (χ4v) is 4.97. The van der Waals surface area contributed by atoms with E-state index in [4.69, 9.17) is 11.6 Å². The molecule has 0 spiro atoms. The van der Waals surface area contributed by atoms with Crippen molar-refractivity contribution >= 4 is 39.0 Å². The van der Waals surface area contributed by atoms with Gasteiger partial charge in [-0.15, -0.1) is 0 Å². The van der Waals surface area contributed by atoms with E-state index in [2.05, 4.69) is 4.98 Å². The number of pyridine rings is 1. The standard InChI is InChI=1S/C19H12ClF2N3O3S/c20-18-16(5-3-7-23-18)25-19(26)24(11-12-8-13(21)10-14(22)9-12)15-4-1-2-6-17(15)29(25,27)28/h1-10H,11H2. The molecule has 10 heteroatoms. The molecule has 0 radical (unpaired) electrons. The molecule has 2 amide bonds. The van der Waals surface area contributed by atoms with E-state index in [1.165, 1.54) is 36.5 Å². The number of amides is 2. The van der Waals surface area contributed by atoms with Crippen LogP contribution in [0.25, 0.3) is 0 Å². The lowest BCUT2D eigenvalue weighted by molar-refractivity contribution is 0.253. The lowest BCUT2D eigenvalue weighted by Crippen LogP contribution is -2.50. The Bertz CT molecular complexity index is 1220. The number of urea groups is 1. The van der Waals surface area contributed by atoms with Crippen molar-refractivity contribution in [1.82, 2.24) is 4.98 Å². The first-order chi connectivity index (χ1) is 13.8. The summed E-state index contributed by atoms with van der Waals surface area (Å²) in [5.41, 5.74) is 0.129. The summed E-state index contributed by atoms with van der Waals surface area (Å²) in [4.78, 5) is 18.0. The molecule has 0 fully saturated rings. The monoisotopic (exact) mass is 435 g/mol. The smallest absolute Gasteiger partial charge is 0.287 e. The number of halogens is 3. The normalized spacial score (nSPS) is 15.3. The number of para-hydroxylation sites is 1. The van der Waals surface area contributed by atoms with Crippen LogP contribution in [0.5, 0.6) is 0 Å². The highest BCUT2D eigenvalue weighted by Crippen LogP contribution is 2.39. The second kappa shape index (κ2) is 7.09. The number of hydrogen-bond acceptors (Lipinski definition) is 4. The van der Waals surface area contributed by atoms with Gasteiger partial charge < -0.3 is 0 Å². The van der Waals surface area contributed by atoms with E-state index in [1.54, 1.807) is 6.07 Å². The quantitative estimate of drug-likeness (QED) is 0.573. The number of nitrogens with zero attached hydrogens (tertiary/aromatic N) is 3. The Labute approximate surface area is 170 Å². The summed E-state index contributed by atoms with van der Waals surface area (Å²) in [5.74, 6) is -1.62. The summed E-state index contributed by atoms with van der Waals surface area (Å²) in [6.07, 6.45) is 1.36. The van der Waals surface area contributed by atoms with Crippen molar-refractivity contribution < 1.29 is 22.0 Å². The van der Waals surface area contributed by atoms with Crippen LogP contribution < -0.4 is 9.21 Å². The van der Waals surface area contributed by atoms with Crippen molar-refractivity contribution in [2.75, 3.05) is 9.21 Å². The highest BCUT2D eigenvalue weighted by molar-refractivity contribution is 7.94. The number of carbonyl (C=O) groups excluding carboxylic acids is 1. The number of rotatable bonds is 3. The fourth-order valence-electron chi connectivity index (χ4n) is 3.11. The molecule has 0 atom stereocenters. The molecule has 148 valence electrons. The SMILES string of the molecule is O=C1N(Cc2cc(F)cc(F)c2)c2ccccc2S(=O)(=O)N1c1cccnc1Cl. The number of carbonyl (C=O) groups is 1. The second-order valence-corrected chi connectivity index (χ2v) is 8.31. The van der Waals surface area contributed by atoms with Crippen molar-refractivity contribution in [2.45, 2.75) is 11.4 Å². The first-order valence-electron chi connectivity index (χ1n) is 8.30. The van der Waals surface area contributed by atoms with Crippen LogP contribution in [0.4, 0.5) is 25.0 Å². The van der Waals surface area contributed by atoms with Gasteiger partial charge in [0.15, 0.2) is 5.15 Å². The van der Waals surface area contributed by atoms with Crippen LogP contribution in [0.15, 0.2) is 65.7 Å². The molecule has 29 heavy (non-hydrogen) atoms. The maximum absolute atomic E-state index is 13.6. The largest absolute Gasteiger partial charge is 0.343 e. The molecule has 0 saturated heterocycles. The number of sulfonamides is 1. The molecule has 1 aromatic heterocycles. The van der Waals surface area contributed by atoms with E-state index in [1.807, 2.05) is 0 Å². The zero-order valence-corrected chi connectivity index (χ0v) is 16.2.